The summed E-state index contributed by atoms with van der Waals surface area (Å²) < 4.78 is 95.3. The molecule has 0 amide bonds. The van der Waals surface area contributed by atoms with Gasteiger partial charge in [0.25, 0.3) is 0 Å². The van der Waals surface area contributed by atoms with E-state index in [2.05, 4.69) is 0 Å². The molecular weight excluding hydrogens is 455 g/mol. The fourth-order valence-electron chi connectivity index (χ4n) is 2.87. The van der Waals surface area contributed by atoms with Gasteiger partial charge in [-0.3, -0.25) is 0 Å². The van der Waals surface area contributed by atoms with Crippen LogP contribution in [0, 0.1) is 62.5 Å². The lowest BCUT2D eigenvalue weighted by molar-refractivity contribution is -0.143. The Labute approximate surface area is 180 Å². The van der Waals surface area contributed by atoms with Gasteiger partial charge in [-0.2, -0.15) is 52.7 Å². The van der Waals surface area contributed by atoms with Crippen molar-refractivity contribution in [1.29, 1.82) is 26.3 Å². The summed E-state index contributed by atoms with van der Waals surface area (Å²) >= 11 is 0. The van der Waals surface area contributed by atoms with Crippen molar-refractivity contribution in [3.63, 3.8) is 0 Å². The molecule has 2 rings (SSSR count). The highest BCUT2D eigenvalue weighted by atomic mass is 19.4. The molecule has 162 valence electrons. The third-order valence-electron chi connectivity index (χ3n) is 4.28. The molecule has 0 aromatic heterocycles. The molecule has 0 radical (unpaired) electrons. The Morgan fingerprint density at radius 2 is 1.12 bits per heavy atom. The van der Waals surface area contributed by atoms with Crippen molar-refractivity contribution in [1.82, 2.24) is 0 Å². The zero-order valence-corrected chi connectivity index (χ0v) is 15.7. The zero-order chi connectivity index (χ0) is 25.1. The first-order chi connectivity index (χ1) is 15.3. The van der Waals surface area contributed by atoms with E-state index in [1.165, 1.54) is 24.3 Å². The van der Waals surface area contributed by atoms with Crippen LogP contribution < -0.4 is 10.4 Å². The molecule has 5 nitrogen and oxygen atoms in total. The third-order valence-corrected chi connectivity index (χ3v) is 4.28. The van der Waals surface area contributed by atoms with Gasteiger partial charge in [0.15, 0.2) is 0 Å². The third kappa shape index (κ3) is 4.44. The monoisotopic (exact) mass is 459 g/mol. The van der Waals surface area contributed by atoms with Crippen molar-refractivity contribution in [2.75, 3.05) is 0 Å². The first-order valence-corrected chi connectivity index (χ1v) is 8.26. The van der Waals surface area contributed by atoms with Gasteiger partial charge in [-0.25, -0.2) is 4.39 Å². The standard InChI is InChI=1S/C21H4F7N5/c22-19-13(2-1-12(15(19)8-32)11(5-29)6-30)14(7-31)10-3-17(20(23,24)25)16(9-33)18(4-10)21(26,27)28/h1-4H/b14-13+. The molecule has 33 heavy (non-hydrogen) atoms. The predicted octanol–water partition coefficient (Wildman–Crippen LogP) is 3.53. The SMILES string of the molecule is N#CC(C#N)=c1cc/c(=C(/C#N)c2cc(C(F)(F)F)c(C#N)c(C(F)(F)F)c2)c(F)c1C#N. The first-order valence-electron chi connectivity index (χ1n) is 8.26. The first kappa shape index (κ1) is 24.4. The lowest BCUT2D eigenvalue weighted by Gasteiger charge is -2.16. The Morgan fingerprint density at radius 3 is 1.48 bits per heavy atom. The number of alkyl halides is 6. The summed E-state index contributed by atoms with van der Waals surface area (Å²) in [5, 5.41) is 44.0. The van der Waals surface area contributed by atoms with Gasteiger partial charge in [-0.1, -0.05) is 6.07 Å². The molecule has 0 heterocycles. The number of halogens is 7. The van der Waals surface area contributed by atoms with E-state index >= 15 is 0 Å². The van der Waals surface area contributed by atoms with E-state index in [1.54, 1.807) is 0 Å². The maximum atomic E-state index is 15.0. The van der Waals surface area contributed by atoms with Crippen LogP contribution in [0.1, 0.15) is 27.8 Å². The molecule has 0 atom stereocenters. The average molecular weight is 459 g/mol. The number of nitriles is 5. The van der Waals surface area contributed by atoms with Gasteiger partial charge >= 0.3 is 12.4 Å². The smallest absolute Gasteiger partial charge is 0.205 e. The highest BCUT2D eigenvalue weighted by Gasteiger charge is 2.42. The van der Waals surface area contributed by atoms with Gasteiger partial charge < -0.3 is 0 Å². The number of benzene rings is 2. The Kier molecular flexibility index (Phi) is 6.44. The molecule has 2 aromatic rings. The highest BCUT2D eigenvalue weighted by Crippen LogP contribution is 2.40. The van der Waals surface area contributed by atoms with E-state index in [1.807, 2.05) is 0 Å². The van der Waals surface area contributed by atoms with E-state index in [0.29, 0.717) is 0 Å². The van der Waals surface area contributed by atoms with Crippen LogP contribution >= 0.6 is 0 Å². The van der Waals surface area contributed by atoms with Crippen LogP contribution in [0.15, 0.2) is 24.3 Å². The number of hydrogen-bond donors (Lipinski definition) is 0. The molecular formula is C21H4F7N5. The van der Waals surface area contributed by atoms with Gasteiger partial charge in [0.1, 0.15) is 41.7 Å². The number of hydrogen-bond acceptors (Lipinski definition) is 5. The molecule has 0 aliphatic rings. The van der Waals surface area contributed by atoms with Crippen LogP contribution in [-0.4, -0.2) is 0 Å². The summed E-state index contributed by atoms with van der Waals surface area (Å²) in [6.45, 7) is 0. The second-order valence-corrected chi connectivity index (χ2v) is 6.10. The van der Waals surface area contributed by atoms with Gasteiger partial charge in [0, 0.05) is 10.4 Å². The van der Waals surface area contributed by atoms with Gasteiger partial charge in [0.05, 0.1) is 27.8 Å². The molecule has 0 saturated carbocycles. The average Bonchev–Trinajstić information content (AvgIpc) is 2.74. The van der Waals surface area contributed by atoms with E-state index in [9.17, 15) is 41.3 Å². The molecule has 12 heteroatoms. The summed E-state index contributed by atoms with van der Waals surface area (Å²) in [6.07, 6.45) is -10.9. The lowest BCUT2D eigenvalue weighted by Crippen LogP contribution is -2.23. The summed E-state index contributed by atoms with van der Waals surface area (Å²) in [5.74, 6) is -1.54. The van der Waals surface area contributed by atoms with Crippen molar-refractivity contribution in [2.45, 2.75) is 12.4 Å². The largest absolute Gasteiger partial charge is 0.417 e. The Morgan fingerprint density at radius 1 is 0.667 bits per heavy atom. The van der Waals surface area contributed by atoms with E-state index in [0.717, 1.165) is 18.2 Å². The van der Waals surface area contributed by atoms with Crippen LogP contribution in [0.5, 0.6) is 0 Å². The van der Waals surface area contributed by atoms with Gasteiger partial charge in [-0.15, -0.1) is 0 Å². The molecule has 0 aliphatic heterocycles. The van der Waals surface area contributed by atoms with Crippen LogP contribution in [0.25, 0.3) is 11.1 Å². The van der Waals surface area contributed by atoms with Crippen LogP contribution in [0.2, 0.25) is 0 Å². The molecule has 0 fully saturated rings. The van der Waals surface area contributed by atoms with Crippen LogP contribution in [-0.2, 0) is 12.4 Å². The second kappa shape index (κ2) is 8.71. The van der Waals surface area contributed by atoms with E-state index in [4.69, 9.17) is 15.8 Å². The molecule has 0 saturated heterocycles. The van der Waals surface area contributed by atoms with Gasteiger partial charge in [0.2, 0.25) is 0 Å². The van der Waals surface area contributed by atoms with Crippen molar-refractivity contribution in [3.05, 3.63) is 68.3 Å². The minimum Gasteiger partial charge on any atom is -0.205 e. The van der Waals surface area contributed by atoms with Crippen molar-refractivity contribution in [3.8, 4) is 30.3 Å². The molecule has 0 spiro atoms. The molecule has 0 bridgehead atoms. The normalized spacial score (nSPS) is 11.8. The molecule has 0 N–H and O–H groups in total. The molecule has 0 unspecified atom stereocenters. The fourth-order valence-corrected chi connectivity index (χ4v) is 2.87. The Hall–Kier alpha value is -4.86. The Bertz CT molecular complexity index is 1450. The zero-order valence-electron chi connectivity index (χ0n) is 15.7. The number of nitrogens with zero attached hydrogens (tertiary/aromatic N) is 5. The highest BCUT2D eigenvalue weighted by molar-refractivity contribution is 5.79. The van der Waals surface area contributed by atoms with E-state index in [-0.39, 0.29) is 12.1 Å². The quantitative estimate of drug-likeness (QED) is 0.605. The van der Waals surface area contributed by atoms with Crippen molar-refractivity contribution in [2.24, 2.45) is 0 Å². The predicted molar refractivity (Wildman–Crippen MR) is 94.3 cm³/mol. The van der Waals surface area contributed by atoms with E-state index < -0.39 is 67.6 Å². The summed E-state index contributed by atoms with van der Waals surface area (Å²) in [4.78, 5) is 0. The fraction of sp³-hybridized carbons (Fsp3) is 0.0952. The topological polar surface area (TPSA) is 119 Å². The molecule has 2 aromatic carbocycles. The minimum absolute atomic E-state index is 0.0911. The summed E-state index contributed by atoms with van der Waals surface area (Å²) in [5.41, 5.74) is -9.35. The lowest BCUT2D eigenvalue weighted by atomic mass is 9.92. The second-order valence-electron chi connectivity index (χ2n) is 6.10. The van der Waals surface area contributed by atoms with Crippen LogP contribution in [0.4, 0.5) is 30.7 Å². The maximum Gasteiger partial charge on any atom is 0.417 e. The van der Waals surface area contributed by atoms with Gasteiger partial charge in [-0.05, 0) is 23.8 Å². The maximum absolute atomic E-state index is 15.0. The number of rotatable bonds is 1. The minimum atomic E-state index is -5.43. The Balaban J connectivity index is 3.17. The van der Waals surface area contributed by atoms with Crippen molar-refractivity contribution >= 4 is 11.1 Å². The van der Waals surface area contributed by atoms with Crippen LogP contribution in [0.3, 0.4) is 0 Å². The molecule has 0 aliphatic carbocycles. The summed E-state index contributed by atoms with van der Waals surface area (Å²) in [7, 11) is 0. The summed E-state index contributed by atoms with van der Waals surface area (Å²) in [6, 6.07) is 8.10. The van der Waals surface area contributed by atoms with Crippen molar-refractivity contribution < 1.29 is 30.7 Å².